The molecule has 184 valence electrons. The smallest absolute Gasteiger partial charge is 0.161 e. The van der Waals surface area contributed by atoms with Crippen molar-refractivity contribution in [2.45, 2.75) is 26.2 Å². The molecule has 0 amide bonds. The van der Waals surface area contributed by atoms with Crippen LogP contribution in [0, 0.1) is 0 Å². The maximum atomic E-state index is 6.08. The molecule has 0 atom stereocenters. The monoisotopic (exact) mass is 474 g/mol. The molecule has 0 radical (unpaired) electrons. The van der Waals surface area contributed by atoms with E-state index in [1.807, 2.05) is 24.3 Å². The molecule has 0 N–H and O–H groups in total. The fourth-order valence-corrected chi connectivity index (χ4v) is 4.68. The van der Waals surface area contributed by atoms with E-state index in [1.165, 1.54) is 16.7 Å². The highest BCUT2D eigenvalue weighted by molar-refractivity contribution is 5.43. The molecule has 0 aromatic heterocycles. The second kappa shape index (κ2) is 11.6. The van der Waals surface area contributed by atoms with Gasteiger partial charge in [0.1, 0.15) is 19.0 Å². The molecule has 0 unspecified atom stereocenters. The lowest BCUT2D eigenvalue weighted by Crippen LogP contribution is -2.35. The van der Waals surface area contributed by atoms with Crippen molar-refractivity contribution < 1.29 is 18.9 Å². The van der Waals surface area contributed by atoms with Crippen LogP contribution in [0.5, 0.6) is 17.2 Å². The number of methoxy groups -OCH3 is 1. The van der Waals surface area contributed by atoms with Crippen molar-refractivity contribution in [2.75, 3.05) is 46.6 Å². The number of fused-ring (bicyclic) bond motifs is 1. The standard InChI is InChI=1S/C29H34N2O4/c1-32-29-18-25(8-10-28(29)35-22-23-5-3-2-4-6-23)20-31-13-16-34-27-9-7-24(17-26(27)21-31)19-30-11-14-33-15-12-30/h2-10,17-18H,11-16,19-22H2,1H3. The van der Waals surface area contributed by atoms with E-state index < -0.39 is 0 Å². The molecule has 6 heteroatoms. The normalized spacial score (nSPS) is 16.7. The molecule has 0 aliphatic carbocycles. The van der Waals surface area contributed by atoms with Gasteiger partial charge in [-0.15, -0.1) is 0 Å². The first-order chi connectivity index (χ1) is 17.3. The Hall–Kier alpha value is -3.06. The Morgan fingerprint density at radius 3 is 2.31 bits per heavy atom. The van der Waals surface area contributed by atoms with Gasteiger partial charge in [-0.1, -0.05) is 42.5 Å². The molecule has 0 bridgehead atoms. The Bertz CT molecular complexity index is 1100. The van der Waals surface area contributed by atoms with Gasteiger partial charge in [0, 0.05) is 44.8 Å². The molecular weight excluding hydrogens is 440 g/mol. The summed E-state index contributed by atoms with van der Waals surface area (Å²) < 4.78 is 23.2. The molecular formula is C29H34N2O4. The molecule has 1 saturated heterocycles. The Balaban J connectivity index is 1.24. The van der Waals surface area contributed by atoms with E-state index in [2.05, 4.69) is 52.3 Å². The molecule has 2 aliphatic rings. The third kappa shape index (κ3) is 6.34. The van der Waals surface area contributed by atoms with Gasteiger partial charge in [-0.05, 0) is 41.0 Å². The van der Waals surface area contributed by atoms with Gasteiger partial charge < -0.3 is 18.9 Å². The van der Waals surface area contributed by atoms with Crippen molar-refractivity contribution >= 4 is 0 Å². The van der Waals surface area contributed by atoms with Gasteiger partial charge >= 0.3 is 0 Å². The summed E-state index contributed by atoms with van der Waals surface area (Å²) in [6, 6.07) is 23.0. The topological polar surface area (TPSA) is 43.4 Å². The Kier molecular flexibility index (Phi) is 7.83. The van der Waals surface area contributed by atoms with Crippen LogP contribution in [0.15, 0.2) is 66.7 Å². The largest absolute Gasteiger partial charge is 0.493 e. The third-order valence-corrected chi connectivity index (χ3v) is 6.57. The molecule has 1 fully saturated rings. The number of ether oxygens (including phenoxy) is 4. The summed E-state index contributed by atoms with van der Waals surface area (Å²) in [4.78, 5) is 4.89. The summed E-state index contributed by atoms with van der Waals surface area (Å²) in [5, 5.41) is 0. The lowest BCUT2D eigenvalue weighted by molar-refractivity contribution is 0.0342. The van der Waals surface area contributed by atoms with Crippen LogP contribution < -0.4 is 14.2 Å². The van der Waals surface area contributed by atoms with Crippen molar-refractivity contribution in [3.8, 4) is 17.2 Å². The zero-order valence-electron chi connectivity index (χ0n) is 20.4. The van der Waals surface area contributed by atoms with E-state index in [1.54, 1.807) is 7.11 Å². The highest BCUT2D eigenvalue weighted by Gasteiger charge is 2.18. The van der Waals surface area contributed by atoms with Crippen LogP contribution in [0.2, 0.25) is 0 Å². The van der Waals surface area contributed by atoms with Crippen LogP contribution in [0.3, 0.4) is 0 Å². The summed E-state index contributed by atoms with van der Waals surface area (Å²) in [6.07, 6.45) is 0. The summed E-state index contributed by atoms with van der Waals surface area (Å²) >= 11 is 0. The average molecular weight is 475 g/mol. The quantitative estimate of drug-likeness (QED) is 0.479. The molecule has 3 aromatic rings. The summed E-state index contributed by atoms with van der Waals surface area (Å²) in [5.74, 6) is 2.52. The predicted octanol–water partition coefficient (Wildman–Crippen LogP) is 4.50. The zero-order valence-corrected chi connectivity index (χ0v) is 20.4. The highest BCUT2D eigenvalue weighted by atomic mass is 16.5. The van der Waals surface area contributed by atoms with E-state index in [9.17, 15) is 0 Å². The summed E-state index contributed by atoms with van der Waals surface area (Å²) in [5.41, 5.74) is 4.91. The van der Waals surface area contributed by atoms with Crippen LogP contribution in [0.4, 0.5) is 0 Å². The zero-order chi connectivity index (χ0) is 23.9. The minimum absolute atomic E-state index is 0.517. The highest BCUT2D eigenvalue weighted by Crippen LogP contribution is 2.31. The molecule has 35 heavy (non-hydrogen) atoms. The minimum atomic E-state index is 0.517. The lowest BCUT2D eigenvalue weighted by atomic mass is 10.1. The lowest BCUT2D eigenvalue weighted by Gasteiger charge is -2.27. The summed E-state index contributed by atoms with van der Waals surface area (Å²) in [6.45, 7) is 8.35. The van der Waals surface area contributed by atoms with Gasteiger partial charge in [-0.2, -0.15) is 0 Å². The number of hydrogen-bond donors (Lipinski definition) is 0. The molecule has 2 heterocycles. The first-order valence-corrected chi connectivity index (χ1v) is 12.4. The number of nitrogens with zero attached hydrogens (tertiary/aromatic N) is 2. The predicted molar refractivity (Wildman–Crippen MR) is 136 cm³/mol. The van der Waals surface area contributed by atoms with Gasteiger partial charge in [0.15, 0.2) is 11.5 Å². The van der Waals surface area contributed by atoms with E-state index >= 15 is 0 Å². The van der Waals surface area contributed by atoms with Gasteiger partial charge in [-0.25, -0.2) is 0 Å². The number of rotatable bonds is 8. The number of morpholine rings is 1. The van der Waals surface area contributed by atoms with Crippen molar-refractivity contribution in [2.24, 2.45) is 0 Å². The molecule has 0 saturated carbocycles. The van der Waals surface area contributed by atoms with E-state index in [0.717, 1.165) is 75.3 Å². The maximum Gasteiger partial charge on any atom is 0.161 e. The van der Waals surface area contributed by atoms with Crippen LogP contribution >= 0.6 is 0 Å². The van der Waals surface area contributed by atoms with Gasteiger partial charge in [0.2, 0.25) is 0 Å². The number of benzene rings is 3. The van der Waals surface area contributed by atoms with Gasteiger partial charge in [0.05, 0.1) is 20.3 Å². The van der Waals surface area contributed by atoms with Crippen LogP contribution in [0.1, 0.15) is 22.3 Å². The first-order valence-electron chi connectivity index (χ1n) is 12.4. The van der Waals surface area contributed by atoms with Crippen LogP contribution in [0.25, 0.3) is 0 Å². The molecule has 3 aromatic carbocycles. The molecule has 0 spiro atoms. The second-order valence-corrected chi connectivity index (χ2v) is 9.15. The minimum Gasteiger partial charge on any atom is -0.493 e. The molecule has 6 nitrogen and oxygen atoms in total. The van der Waals surface area contributed by atoms with Crippen molar-refractivity contribution in [3.05, 3.63) is 89.0 Å². The fraction of sp³-hybridized carbons (Fsp3) is 0.379. The fourth-order valence-electron chi connectivity index (χ4n) is 4.68. The Labute approximate surface area is 208 Å². The van der Waals surface area contributed by atoms with Crippen LogP contribution in [-0.4, -0.2) is 56.4 Å². The number of hydrogen-bond acceptors (Lipinski definition) is 6. The van der Waals surface area contributed by atoms with Crippen molar-refractivity contribution in [1.29, 1.82) is 0 Å². The van der Waals surface area contributed by atoms with Crippen LogP contribution in [-0.2, 0) is 31.0 Å². The maximum absolute atomic E-state index is 6.08. The SMILES string of the molecule is COc1cc(CN2CCOc3ccc(CN4CCOCC4)cc3C2)ccc1OCc1ccccc1. The average Bonchev–Trinajstić information content (AvgIpc) is 3.10. The van der Waals surface area contributed by atoms with Crippen molar-refractivity contribution in [1.82, 2.24) is 9.80 Å². The summed E-state index contributed by atoms with van der Waals surface area (Å²) in [7, 11) is 1.69. The van der Waals surface area contributed by atoms with Gasteiger partial charge in [0.25, 0.3) is 0 Å². The van der Waals surface area contributed by atoms with E-state index in [-0.39, 0.29) is 0 Å². The van der Waals surface area contributed by atoms with E-state index in [4.69, 9.17) is 18.9 Å². The Morgan fingerprint density at radius 2 is 1.49 bits per heavy atom. The first kappa shape index (κ1) is 23.7. The second-order valence-electron chi connectivity index (χ2n) is 9.15. The van der Waals surface area contributed by atoms with E-state index in [0.29, 0.717) is 13.2 Å². The Morgan fingerprint density at radius 1 is 0.743 bits per heavy atom. The third-order valence-electron chi connectivity index (χ3n) is 6.57. The molecule has 2 aliphatic heterocycles. The van der Waals surface area contributed by atoms with Crippen molar-refractivity contribution in [3.63, 3.8) is 0 Å². The molecule has 5 rings (SSSR count). The van der Waals surface area contributed by atoms with Gasteiger partial charge in [-0.3, -0.25) is 9.80 Å².